The van der Waals surface area contributed by atoms with E-state index in [2.05, 4.69) is 10.6 Å². The molecule has 39 heavy (non-hydrogen) atoms. The van der Waals surface area contributed by atoms with Gasteiger partial charge in [-0.05, 0) is 77.5 Å². The number of nitrogens with zero attached hydrogens (tertiary/aromatic N) is 1. The number of benzene rings is 2. The molecule has 2 rings (SSSR count). The quantitative estimate of drug-likeness (QED) is 0.335. The Morgan fingerprint density at radius 3 is 2.23 bits per heavy atom. The van der Waals surface area contributed by atoms with Crippen LogP contribution in [0.25, 0.3) is 0 Å². The predicted molar refractivity (Wildman–Crippen MR) is 160 cm³/mol. The van der Waals surface area contributed by atoms with Gasteiger partial charge in [-0.15, -0.1) is 0 Å². The zero-order valence-corrected chi connectivity index (χ0v) is 25.5. The molecule has 0 radical (unpaired) electrons. The van der Waals surface area contributed by atoms with Crippen LogP contribution in [0, 0.1) is 6.92 Å². The molecule has 214 valence electrons. The Hall–Kier alpha value is -3.00. The van der Waals surface area contributed by atoms with E-state index < -0.39 is 29.3 Å². The molecule has 8 heteroatoms. The van der Waals surface area contributed by atoms with Crippen molar-refractivity contribution in [1.29, 1.82) is 0 Å². The number of thioether (sulfide) groups is 1. The van der Waals surface area contributed by atoms with E-state index in [-0.39, 0.29) is 11.8 Å². The lowest BCUT2D eigenvalue weighted by molar-refractivity contribution is -0.149. The van der Waals surface area contributed by atoms with Gasteiger partial charge in [-0.25, -0.2) is 4.79 Å². The van der Waals surface area contributed by atoms with Gasteiger partial charge in [0.2, 0.25) is 11.8 Å². The van der Waals surface area contributed by atoms with Crippen LogP contribution in [0.3, 0.4) is 0 Å². The third-order valence-electron chi connectivity index (χ3n) is 6.53. The first-order valence-electron chi connectivity index (χ1n) is 13.5. The molecule has 2 aromatic carbocycles. The first-order valence-corrected chi connectivity index (χ1v) is 14.9. The van der Waals surface area contributed by atoms with Gasteiger partial charge in [0.1, 0.15) is 17.7 Å². The summed E-state index contributed by atoms with van der Waals surface area (Å²) in [7, 11) is 0. The fourth-order valence-corrected chi connectivity index (χ4v) is 4.67. The van der Waals surface area contributed by atoms with E-state index in [9.17, 15) is 14.4 Å². The Labute approximate surface area is 238 Å². The molecule has 2 N–H and O–H groups in total. The number of nitrogens with one attached hydrogen (secondary N) is 2. The van der Waals surface area contributed by atoms with Crippen molar-refractivity contribution in [2.45, 2.75) is 91.1 Å². The van der Waals surface area contributed by atoms with Gasteiger partial charge in [0.15, 0.2) is 0 Å². The van der Waals surface area contributed by atoms with Crippen molar-refractivity contribution in [1.82, 2.24) is 15.5 Å². The van der Waals surface area contributed by atoms with E-state index in [4.69, 9.17) is 4.74 Å². The largest absolute Gasteiger partial charge is 0.444 e. The molecule has 0 saturated carbocycles. The predicted octanol–water partition coefficient (Wildman–Crippen LogP) is 6.02. The zero-order valence-electron chi connectivity index (χ0n) is 24.7. The maximum atomic E-state index is 14.4. The molecule has 0 spiro atoms. The van der Waals surface area contributed by atoms with Gasteiger partial charge in [-0.2, -0.15) is 11.8 Å². The normalized spacial score (nSPS) is 13.2. The minimum atomic E-state index is -0.895. The Morgan fingerprint density at radius 1 is 1.00 bits per heavy atom. The third-order valence-corrected chi connectivity index (χ3v) is 7.17. The van der Waals surface area contributed by atoms with Crippen molar-refractivity contribution in [3.05, 3.63) is 71.3 Å². The van der Waals surface area contributed by atoms with Crippen LogP contribution in [0.2, 0.25) is 0 Å². The SMILES string of the molecule is CCC(C)(C)N(C(=O)C(CCSC)NC(=O)OC(C)(C)C)C(C(=O)NCc1ccccc1)c1cccc(C)c1. The molecule has 0 aliphatic heterocycles. The summed E-state index contributed by atoms with van der Waals surface area (Å²) in [5.74, 6) is 0.0605. The van der Waals surface area contributed by atoms with Crippen LogP contribution >= 0.6 is 11.8 Å². The van der Waals surface area contributed by atoms with Gasteiger partial charge in [-0.1, -0.05) is 67.1 Å². The monoisotopic (exact) mass is 555 g/mol. The number of carbonyl (C=O) groups is 3. The smallest absolute Gasteiger partial charge is 0.408 e. The van der Waals surface area contributed by atoms with E-state index in [1.165, 1.54) is 0 Å². The third kappa shape index (κ3) is 9.92. The highest BCUT2D eigenvalue weighted by atomic mass is 32.2. The fourth-order valence-electron chi connectivity index (χ4n) is 4.20. The number of aryl methyl sites for hydroxylation is 1. The van der Waals surface area contributed by atoms with Crippen LogP contribution in [-0.4, -0.2) is 52.0 Å². The zero-order chi connectivity index (χ0) is 29.2. The molecule has 0 aliphatic carbocycles. The van der Waals surface area contributed by atoms with Crippen molar-refractivity contribution >= 4 is 29.7 Å². The van der Waals surface area contributed by atoms with Crippen molar-refractivity contribution in [2.24, 2.45) is 0 Å². The highest BCUT2D eigenvalue weighted by Gasteiger charge is 2.43. The Morgan fingerprint density at radius 2 is 1.67 bits per heavy atom. The summed E-state index contributed by atoms with van der Waals surface area (Å²) in [6.45, 7) is 13.5. The van der Waals surface area contributed by atoms with Crippen molar-refractivity contribution in [3.8, 4) is 0 Å². The van der Waals surface area contributed by atoms with Crippen LogP contribution in [0.15, 0.2) is 54.6 Å². The van der Waals surface area contributed by atoms with Crippen molar-refractivity contribution in [3.63, 3.8) is 0 Å². The number of ether oxygens (including phenoxy) is 1. The molecule has 2 aromatic rings. The number of rotatable bonds is 12. The Bertz CT molecular complexity index is 1100. The number of hydrogen-bond donors (Lipinski definition) is 2. The van der Waals surface area contributed by atoms with E-state index in [1.54, 1.807) is 37.4 Å². The van der Waals surface area contributed by atoms with Gasteiger partial charge >= 0.3 is 6.09 Å². The molecule has 0 bridgehead atoms. The summed E-state index contributed by atoms with van der Waals surface area (Å²) in [5.41, 5.74) is 1.27. The van der Waals surface area contributed by atoms with Crippen LogP contribution in [0.1, 0.15) is 77.1 Å². The first-order chi connectivity index (χ1) is 18.3. The molecule has 0 aromatic heterocycles. The summed E-state index contributed by atoms with van der Waals surface area (Å²) in [6.07, 6.45) is 2.31. The molecule has 0 saturated heterocycles. The summed E-state index contributed by atoms with van der Waals surface area (Å²) in [5, 5.41) is 5.86. The number of amides is 3. The average molecular weight is 556 g/mol. The Kier molecular flexibility index (Phi) is 11.9. The number of alkyl carbamates (subject to hydrolysis) is 1. The highest BCUT2D eigenvalue weighted by Crippen LogP contribution is 2.33. The van der Waals surface area contributed by atoms with E-state index in [0.29, 0.717) is 25.1 Å². The molecule has 2 atom stereocenters. The molecule has 0 aliphatic rings. The molecule has 0 fully saturated rings. The average Bonchev–Trinajstić information content (AvgIpc) is 2.87. The summed E-state index contributed by atoms with van der Waals surface area (Å²) in [4.78, 5) is 42.8. The summed E-state index contributed by atoms with van der Waals surface area (Å²) >= 11 is 1.59. The molecule has 7 nitrogen and oxygen atoms in total. The molecule has 0 heterocycles. The van der Waals surface area contributed by atoms with Crippen LogP contribution in [0.5, 0.6) is 0 Å². The van der Waals surface area contributed by atoms with Gasteiger partial charge in [0, 0.05) is 12.1 Å². The minimum Gasteiger partial charge on any atom is -0.444 e. The molecule has 2 unspecified atom stereocenters. The maximum Gasteiger partial charge on any atom is 0.408 e. The molecular formula is C31H45N3O4S. The van der Waals surface area contributed by atoms with Crippen molar-refractivity contribution in [2.75, 3.05) is 12.0 Å². The maximum absolute atomic E-state index is 14.4. The van der Waals surface area contributed by atoms with Crippen molar-refractivity contribution < 1.29 is 19.1 Å². The first kappa shape index (κ1) is 32.2. The lowest BCUT2D eigenvalue weighted by Gasteiger charge is -2.44. The fraction of sp³-hybridized carbons (Fsp3) is 0.516. The second-order valence-electron chi connectivity index (χ2n) is 11.4. The van der Waals surface area contributed by atoms with Crippen LogP contribution < -0.4 is 10.6 Å². The van der Waals surface area contributed by atoms with Gasteiger partial charge in [0.05, 0.1) is 0 Å². The van der Waals surface area contributed by atoms with Gasteiger partial charge in [0.25, 0.3) is 0 Å². The summed E-state index contributed by atoms with van der Waals surface area (Å²) in [6, 6.07) is 15.6. The summed E-state index contributed by atoms with van der Waals surface area (Å²) < 4.78 is 5.48. The second-order valence-corrected chi connectivity index (χ2v) is 12.4. The molecule has 3 amide bonds. The topological polar surface area (TPSA) is 87.7 Å². The van der Waals surface area contributed by atoms with E-state index in [0.717, 1.165) is 16.7 Å². The lowest BCUT2D eigenvalue weighted by Crippen LogP contribution is -2.59. The molecular weight excluding hydrogens is 510 g/mol. The lowest BCUT2D eigenvalue weighted by atomic mass is 9.91. The van der Waals surface area contributed by atoms with Gasteiger partial charge in [-0.3, -0.25) is 9.59 Å². The van der Waals surface area contributed by atoms with E-state index >= 15 is 0 Å². The van der Waals surface area contributed by atoms with E-state index in [1.807, 2.05) is 88.5 Å². The number of carbonyl (C=O) groups excluding carboxylic acids is 3. The second kappa shape index (κ2) is 14.4. The van der Waals surface area contributed by atoms with Crippen LogP contribution in [0.4, 0.5) is 4.79 Å². The standard InChI is InChI=1S/C31H45N3O4S/c1-9-31(6,7)34(28(36)25(18-19-39-8)33-29(37)38-30(3,4)5)26(24-17-13-14-22(2)20-24)27(35)32-21-23-15-11-10-12-16-23/h10-17,20,25-26H,9,18-19,21H2,1-8H3,(H,32,35)(H,33,37). The van der Waals surface area contributed by atoms with Gasteiger partial charge < -0.3 is 20.3 Å². The van der Waals surface area contributed by atoms with Crippen LogP contribution in [-0.2, 0) is 20.9 Å². The Balaban J connectivity index is 2.54. The number of hydrogen-bond acceptors (Lipinski definition) is 5. The highest BCUT2D eigenvalue weighted by molar-refractivity contribution is 7.98. The minimum absolute atomic E-state index is 0.278.